The summed E-state index contributed by atoms with van der Waals surface area (Å²) in [4.78, 5) is 36.9. The minimum atomic E-state index is -0.679. The summed E-state index contributed by atoms with van der Waals surface area (Å²) >= 11 is 0. The molecule has 0 fully saturated rings. The maximum absolute atomic E-state index is 12.5. The summed E-state index contributed by atoms with van der Waals surface area (Å²) in [5.74, 6) is -1.24. The van der Waals surface area contributed by atoms with Crippen molar-refractivity contribution in [3.63, 3.8) is 0 Å². The van der Waals surface area contributed by atoms with E-state index in [1.807, 2.05) is 43.3 Å². The Balaban J connectivity index is 1.90. The molecule has 2 aromatic carbocycles. The van der Waals surface area contributed by atoms with Gasteiger partial charge in [0.2, 0.25) is 0 Å². The number of Topliss-reactive ketones (excluding diaryl/α,β-unsaturated/α-hetero) is 1. The molecule has 0 saturated heterocycles. The summed E-state index contributed by atoms with van der Waals surface area (Å²) in [6.45, 7) is 6.96. The van der Waals surface area contributed by atoms with Gasteiger partial charge in [-0.15, -0.1) is 0 Å². The highest BCUT2D eigenvalue weighted by molar-refractivity contribution is 5.99. The highest BCUT2D eigenvalue weighted by Gasteiger charge is 2.18. The van der Waals surface area contributed by atoms with Gasteiger partial charge in [0.1, 0.15) is 5.75 Å². The molecule has 7 heteroatoms. The minimum Gasteiger partial charge on any atom is -0.461 e. The molecule has 32 heavy (non-hydrogen) atoms. The number of aryl methyl sites for hydroxylation is 2. The molecule has 0 spiro atoms. The standard InChI is InChI=1S/C25H24N2O5/c1-5-31-25(30)23-19(15-27(26-23)20-9-7-6-8-10-20)11-12-22(29)32-24-17(3)13-16(2)14-21(24)18(4)28/h6-15H,5H2,1-4H3/b12-11+. The van der Waals surface area contributed by atoms with Crippen LogP contribution < -0.4 is 4.74 Å². The van der Waals surface area contributed by atoms with Crippen molar-refractivity contribution in [2.24, 2.45) is 0 Å². The van der Waals surface area contributed by atoms with Gasteiger partial charge in [-0.25, -0.2) is 14.3 Å². The van der Waals surface area contributed by atoms with Gasteiger partial charge in [0.25, 0.3) is 0 Å². The van der Waals surface area contributed by atoms with Crippen LogP contribution in [-0.2, 0) is 9.53 Å². The molecule has 1 aromatic heterocycles. The molecule has 164 valence electrons. The molecule has 3 rings (SSSR count). The summed E-state index contributed by atoms with van der Waals surface area (Å²) in [5.41, 5.74) is 3.15. The summed E-state index contributed by atoms with van der Waals surface area (Å²) < 4.78 is 12.1. The van der Waals surface area contributed by atoms with Crippen LogP contribution in [0, 0.1) is 13.8 Å². The largest absolute Gasteiger partial charge is 0.461 e. The van der Waals surface area contributed by atoms with Crippen molar-refractivity contribution in [3.8, 4) is 11.4 Å². The summed E-state index contributed by atoms with van der Waals surface area (Å²) in [7, 11) is 0. The van der Waals surface area contributed by atoms with E-state index in [-0.39, 0.29) is 23.8 Å². The van der Waals surface area contributed by atoms with Gasteiger partial charge < -0.3 is 9.47 Å². The maximum Gasteiger partial charge on any atom is 0.359 e. The number of aromatic nitrogens is 2. The van der Waals surface area contributed by atoms with Crippen LogP contribution in [0.25, 0.3) is 11.8 Å². The number of ketones is 1. The van der Waals surface area contributed by atoms with Crippen molar-refractivity contribution in [3.05, 3.63) is 82.7 Å². The lowest BCUT2D eigenvalue weighted by molar-refractivity contribution is -0.128. The van der Waals surface area contributed by atoms with Crippen molar-refractivity contribution < 1.29 is 23.9 Å². The lowest BCUT2D eigenvalue weighted by Gasteiger charge is -2.11. The topological polar surface area (TPSA) is 87.5 Å². The Morgan fingerprint density at radius 2 is 1.81 bits per heavy atom. The monoisotopic (exact) mass is 432 g/mol. The van der Waals surface area contributed by atoms with Crippen molar-refractivity contribution in [1.29, 1.82) is 0 Å². The second-order valence-corrected chi connectivity index (χ2v) is 7.20. The van der Waals surface area contributed by atoms with Crippen molar-refractivity contribution in [2.75, 3.05) is 6.61 Å². The maximum atomic E-state index is 12.5. The number of hydrogen-bond donors (Lipinski definition) is 0. The van der Waals surface area contributed by atoms with Crippen LogP contribution in [0.3, 0.4) is 0 Å². The number of nitrogens with zero attached hydrogens (tertiary/aromatic N) is 2. The third-order valence-corrected chi connectivity index (χ3v) is 4.63. The molecule has 0 saturated carbocycles. The molecule has 0 aliphatic carbocycles. The molecule has 0 unspecified atom stereocenters. The van der Waals surface area contributed by atoms with Crippen LogP contribution in [-0.4, -0.2) is 34.1 Å². The van der Waals surface area contributed by atoms with Gasteiger partial charge in [0.05, 0.1) is 17.9 Å². The van der Waals surface area contributed by atoms with Gasteiger partial charge in [-0.1, -0.05) is 24.3 Å². The third-order valence-electron chi connectivity index (χ3n) is 4.63. The molecule has 0 atom stereocenters. The molecule has 0 aliphatic rings. The van der Waals surface area contributed by atoms with Gasteiger partial charge in [0.15, 0.2) is 11.5 Å². The van der Waals surface area contributed by atoms with E-state index in [0.29, 0.717) is 16.7 Å². The number of ether oxygens (including phenoxy) is 2. The fourth-order valence-electron chi connectivity index (χ4n) is 3.22. The quantitative estimate of drug-likeness (QED) is 0.237. The average molecular weight is 432 g/mol. The first-order chi connectivity index (χ1) is 15.3. The normalized spacial score (nSPS) is 10.9. The lowest BCUT2D eigenvalue weighted by Crippen LogP contribution is -2.10. The van der Waals surface area contributed by atoms with E-state index in [4.69, 9.17) is 9.47 Å². The Labute approximate surface area is 186 Å². The molecule has 0 bridgehead atoms. The van der Waals surface area contributed by atoms with Crippen LogP contribution >= 0.6 is 0 Å². The first kappa shape index (κ1) is 22.7. The molecule has 1 heterocycles. The van der Waals surface area contributed by atoms with E-state index in [9.17, 15) is 14.4 Å². The number of esters is 2. The smallest absolute Gasteiger partial charge is 0.359 e. The summed E-state index contributed by atoms with van der Waals surface area (Å²) in [5, 5.41) is 4.32. The predicted octanol–water partition coefficient (Wildman–Crippen LogP) is 4.49. The van der Waals surface area contributed by atoms with Gasteiger partial charge >= 0.3 is 11.9 Å². The Morgan fingerprint density at radius 3 is 2.47 bits per heavy atom. The number of hydrogen-bond acceptors (Lipinski definition) is 6. The Hall–Kier alpha value is -4.00. The highest BCUT2D eigenvalue weighted by atomic mass is 16.5. The zero-order valence-corrected chi connectivity index (χ0v) is 18.4. The number of carbonyl (C=O) groups is 3. The Kier molecular flexibility index (Phi) is 7.00. The van der Waals surface area contributed by atoms with Crippen LogP contribution in [0.15, 0.2) is 54.7 Å². The second kappa shape index (κ2) is 9.87. The average Bonchev–Trinajstić information content (AvgIpc) is 3.19. The first-order valence-corrected chi connectivity index (χ1v) is 10.1. The zero-order chi connectivity index (χ0) is 23.3. The van der Waals surface area contributed by atoms with E-state index in [2.05, 4.69) is 5.10 Å². The number of rotatable bonds is 7. The van der Waals surface area contributed by atoms with E-state index in [0.717, 1.165) is 11.3 Å². The van der Waals surface area contributed by atoms with Gasteiger partial charge in [-0.2, -0.15) is 5.10 Å². The summed E-state index contributed by atoms with van der Waals surface area (Å²) in [6.07, 6.45) is 4.26. The first-order valence-electron chi connectivity index (χ1n) is 10.1. The SMILES string of the molecule is CCOC(=O)c1nn(-c2ccccc2)cc1/C=C/C(=O)Oc1c(C)cc(C)cc1C(C)=O. The van der Waals surface area contributed by atoms with E-state index in [1.165, 1.54) is 23.8 Å². The summed E-state index contributed by atoms with van der Waals surface area (Å²) in [6, 6.07) is 12.8. The predicted molar refractivity (Wildman–Crippen MR) is 120 cm³/mol. The number of benzene rings is 2. The van der Waals surface area contributed by atoms with Crippen molar-refractivity contribution in [2.45, 2.75) is 27.7 Å². The molecular formula is C25H24N2O5. The van der Waals surface area contributed by atoms with Crippen LogP contribution in [0.5, 0.6) is 5.75 Å². The lowest BCUT2D eigenvalue weighted by atomic mass is 10.0. The van der Waals surface area contributed by atoms with Gasteiger partial charge in [-0.3, -0.25) is 4.79 Å². The van der Waals surface area contributed by atoms with Crippen molar-refractivity contribution in [1.82, 2.24) is 9.78 Å². The highest BCUT2D eigenvalue weighted by Crippen LogP contribution is 2.26. The van der Waals surface area contributed by atoms with E-state index >= 15 is 0 Å². The third kappa shape index (κ3) is 5.18. The van der Waals surface area contributed by atoms with E-state index < -0.39 is 11.9 Å². The molecule has 0 N–H and O–H groups in total. The Bertz CT molecular complexity index is 1190. The number of para-hydroxylation sites is 1. The molecule has 0 aliphatic heterocycles. The van der Waals surface area contributed by atoms with Crippen LogP contribution in [0.1, 0.15) is 51.4 Å². The number of carbonyl (C=O) groups excluding carboxylic acids is 3. The fraction of sp³-hybridized carbons (Fsp3) is 0.200. The second-order valence-electron chi connectivity index (χ2n) is 7.20. The molecular weight excluding hydrogens is 408 g/mol. The molecule has 7 nitrogen and oxygen atoms in total. The fourth-order valence-corrected chi connectivity index (χ4v) is 3.22. The molecule has 3 aromatic rings. The van der Waals surface area contributed by atoms with Crippen LogP contribution in [0.2, 0.25) is 0 Å². The van der Waals surface area contributed by atoms with Crippen molar-refractivity contribution >= 4 is 23.8 Å². The van der Waals surface area contributed by atoms with Gasteiger partial charge in [-0.05, 0) is 63.1 Å². The Morgan fingerprint density at radius 1 is 1.09 bits per heavy atom. The molecule has 0 amide bonds. The van der Waals surface area contributed by atoms with Gasteiger partial charge in [0, 0.05) is 17.8 Å². The van der Waals surface area contributed by atoms with Crippen LogP contribution in [0.4, 0.5) is 0 Å². The van der Waals surface area contributed by atoms with E-state index in [1.54, 1.807) is 26.1 Å². The zero-order valence-electron chi connectivity index (χ0n) is 18.4. The molecule has 0 radical (unpaired) electrons. The minimum absolute atomic E-state index is 0.0793.